The lowest BCUT2D eigenvalue weighted by Gasteiger charge is -2.35. The van der Waals surface area contributed by atoms with Crippen LogP contribution in [-0.4, -0.2) is 43.3 Å². The normalized spacial score (nSPS) is 12.7. The Balaban J connectivity index is 1.87. The molecule has 0 aliphatic rings. The molecule has 4 aromatic carbocycles. The molecule has 7 nitrogen and oxygen atoms in total. The Morgan fingerprint density at radius 2 is 1.44 bits per heavy atom. The van der Waals surface area contributed by atoms with E-state index in [1.165, 1.54) is 29.2 Å². The molecule has 13 heteroatoms. The monoisotopic (exact) mass is 763 g/mol. The van der Waals surface area contributed by atoms with Gasteiger partial charge in [0.05, 0.1) is 21.2 Å². The molecule has 4 rings (SSSR count). The summed E-state index contributed by atoms with van der Waals surface area (Å²) in [5.74, 6) is -1.30. The summed E-state index contributed by atoms with van der Waals surface area (Å²) in [6.45, 7) is 4.35. The predicted molar refractivity (Wildman–Crippen MR) is 184 cm³/mol. The molecule has 0 spiro atoms. The van der Waals surface area contributed by atoms with Gasteiger partial charge in [-0.1, -0.05) is 88.2 Å². The Morgan fingerprint density at radius 3 is 2.00 bits per heavy atom. The van der Waals surface area contributed by atoms with E-state index in [2.05, 4.69) is 21.2 Å². The van der Waals surface area contributed by atoms with Crippen molar-refractivity contribution < 1.29 is 31.2 Å². The third kappa shape index (κ3) is 9.61. The highest BCUT2D eigenvalue weighted by atomic mass is 79.9. The van der Waals surface area contributed by atoms with Crippen LogP contribution in [0, 0.1) is 0 Å². The molecule has 0 fully saturated rings. The Bertz CT molecular complexity index is 1840. The van der Waals surface area contributed by atoms with Crippen molar-refractivity contribution in [1.29, 1.82) is 0 Å². The van der Waals surface area contributed by atoms with Crippen LogP contribution in [-0.2, 0) is 38.8 Å². The van der Waals surface area contributed by atoms with Crippen LogP contribution in [0.25, 0.3) is 0 Å². The smallest absolute Gasteiger partial charge is 0.350 e. The van der Waals surface area contributed by atoms with Gasteiger partial charge in [0.1, 0.15) is 12.6 Å². The van der Waals surface area contributed by atoms with Crippen LogP contribution in [0.4, 0.5) is 18.9 Å². The number of hydrogen-bond donors (Lipinski definition) is 1. The predicted octanol–water partition coefficient (Wildman–Crippen LogP) is 7.87. The van der Waals surface area contributed by atoms with Gasteiger partial charge in [-0.05, 0) is 74.4 Å². The van der Waals surface area contributed by atoms with E-state index in [1.807, 2.05) is 6.07 Å². The molecule has 0 saturated carbocycles. The van der Waals surface area contributed by atoms with Gasteiger partial charge in [0.25, 0.3) is 10.0 Å². The fourth-order valence-corrected chi connectivity index (χ4v) is 6.84. The van der Waals surface area contributed by atoms with Crippen LogP contribution in [0.1, 0.15) is 37.5 Å². The molecule has 0 saturated heterocycles. The van der Waals surface area contributed by atoms with E-state index in [1.54, 1.807) is 75.4 Å². The standard InChI is InChI=1S/C35H34BrClF3N3O4S/c1-34(2,3)41-33(45)31(20-24-10-6-4-7-11-24)42(22-25-14-16-26(36)17-15-25)32(44)23-43(48(46,47)28-12-8-5-9-13-28)27-18-19-30(37)29(21-27)35(38,39)40/h4-19,21,31H,20,22-23H2,1-3H3,(H,41,45). The van der Waals surface area contributed by atoms with Crippen LogP contribution in [0.5, 0.6) is 0 Å². The Kier molecular flexibility index (Phi) is 11.6. The number of nitrogens with zero attached hydrogens (tertiary/aromatic N) is 2. The van der Waals surface area contributed by atoms with Gasteiger partial charge >= 0.3 is 6.18 Å². The first-order valence-corrected chi connectivity index (χ1v) is 17.4. The molecule has 0 aromatic heterocycles. The van der Waals surface area contributed by atoms with Gasteiger partial charge in [0, 0.05) is 23.0 Å². The molecule has 4 aromatic rings. The van der Waals surface area contributed by atoms with Crippen LogP contribution < -0.4 is 9.62 Å². The summed E-state index contributed by atoms with van der Waals surface area (Å²) in [5, 5.41) is 2.30. The van der Waals surface area contributed by atoms with Crippen LogP contribution in [0.3, 0.4) is 0 Å². The van der Waals surface area contributed by atoms with E-state index in [4.69, 9.17) is 11.6 Å². The zero-order chi connectivity index (χ0) is 35.3. The highest BCUT2D eigenvalue weighted by Crippen LogP contribution is 2.38. The number of carbonyl (C=O) groups excluding carboxylic acids is 2. The topological polar surface area (TPSA) is 86.8 Å². The lowest BCUT2D eigenvalue weighted by molar-refractivity contribution is -0.140. The maximum absolute atomic E-state index is 14.5. The molecule has 0 aliphatic heterocycles. The fourth-order valence-electron chi connectivity index (χ4n) is 4.93. The summed E-state index contributed by atoms with van der Waals surface area (Å²) in [6.07, 6.45) is -4.83. The van der Waals surface area contributed by atoms with Crippen molar-refractivity contribution >= 4 is 55.1 Å². The first kappa shape index (κ1) is 37.0. The van der Waals surface area contributed by atoms with Crippen molar-refractivity contribution in [3.8, 4) is 0 Å². The van der Waals surface area contributed by atoms with Crippen molar-refractivity contribution in [1.82, 2.24) is 10.2 Å². The fraction of sp³-hybridized carbons (Fsp3) is 0.257. The highest BCUT2D eigenvalue weighted by Gasteiger charge is 2.38. The van der Waals surface area contributed by atoms with Gasteiger partial charge in [-0.3, -0.25) is 13.9 Å². The minimum absolute atomic E-state index is 0.0790. The lowest BCUT2D eigenvalue weighted by atomic mass is 10.0. The summed E-state index contributed by atoms with van der Waals surface area (Å²) in [5.41, 5.74) is -0.997. The number of sulfonamides is 1. The molecule has 0 heterocycles. The summed E-state index contributed by atoms with van der Waals surface area (Å²) < 4.78 is 71.3. The lowest BCUT2D eigenvalue weighted by Crippen LogP contribution is -2.56. The van der Waals surface area contributed by atoms with Crippen LogP contribution >= 0.6 is 27.5 Å². The molecule has 0 radical (unpaired) electrons. The molecule has 1 N–H and O–H groups in total. The minimum atomic E-state index is -4.90. The number of carbonyl (C=O) groups is 2. The van der Waals surface area contributed by atoms with E-state index in [-0.39, 0.29) is 17.9 Å². The number of alkyl halides is 3. The van der Waals surface area contributed by atoms with Crippen molar-refractivity contribution in [2.75, 3.05) is 10.8 Å². The molecule has 254 valence electrons. The summed E-state index contributed by atoms with van der Waals surface area (Å²) in [4.78, 5) is 29.5. The van der Waals surface area contributed by atoms with Gasteiger partial charge in [-0.25, -0.2) is 8.42 Å². The molecular formula is C35H34BrClF3N3O4S. The number of hydrogen-bond acceptors (Lipinski definition) is 4. The maximum Gasteiger partial charge on any atom is 0.417 e. The third-order valence-electron chi connectivity index (χ3n) is 7.19. The third-order valence-corrected chi connectivity index (χ3v) is 9.84. The maximum atomic E-state index is 14.5. The number of rotatable bonds is 11. The molecule has 48 heavy (non-hydrogen) atoms. The summed E-state index contributed by atoms with van der Waals surface area (Å²) in [6, 6.07) is 24.6. The Morgan fingerprint density at radius 1 is 0.854 bits per heavy atom. The minimum Gasteiger partial charge on any atom is -0.350 e. The SMILES string of the molecule is CC(C)(C)NC(=O)C(Cc1ccccc1)N(Cc1ccc(Br)cc1)C(=O)CN(c1ccc(Cl)c(C(F)(F)F)c1)S(=O)(=O)c1ccccc1. The average Bonchev–Trinajstić information content (AvgIpc) is 3.02. The molecule has 0 aliphatic carbocycles. The van der Waals surface area contributed by atoms with Gasteiger partial charge in [0.2, 0.25) is 11.8 Å². The van der Waals surface area contributed by atoms with Crippen molar-refractivity contribution in [2.24, 2.45) is 0 Å². The molecular weight excluding hydrogens is 731 g/mol. The first-order valence-electron chi connectivity index (χ1n) is 14.8. The van der Waals surface area contributed by atoms with Crippen molar-refractivity contribution in [2.45, 2.75) is 56.4 Å². The average molecular weight is 765 g/mol. The van der Waals surface area contributed by atoms with E-state index in [0.717, 1.165) is 22.2 Å². The quantitative estimate of drug-likeness (QED) is 0.169. The van der Waals surface area contributed by atoms with E-state index in [9.17, 15) is 31.2 Å². The zero-order valence-corrected chi connectivity index (χ0v) is 29.5. The Hall–Kier alpha value is -3.87. The molecule has 2 amide bonds. The first-order chi connectivity index (χ1) is 22.5. The zero-order valence-electron chi connectivity index (χ0n) is 26.3. The number of benzene rings is 4. The second-order valence-electron chi connectivity index (χ2n) is 12.1. The molecule has 1 atom stereocenters. The van der Waals surface area contributed by atoms with Crippen molar-refractivity contribution in [3.63, 3.8) is 0 Å². The van der Waals surface area contributed by atoms with Gasteiger partial charge in [0.15, 0.2) is 0 Å². The molecule has 1 unspecified atom stereocenters. The second-order valence-corrected chi connectivity index (χ2v) is 15.3. The van der Waals surface area contributed by atoms with Crippen LogP contribution in [0.15, 0.2) is 112 Å². The van der Waals surface area contributed by atoms with E-state index in [0.29, 0.717) is 15.9 Å². The highest BCUT2D eigenvalue weighted by molar-refractivity contribution is 9.10. The number of halogens is 5. The number of nitrogens with one attached hydrogen (secondary N) is 1. The number of anilines is 1. The van der Waals surface area contributed by atoms with E-state index < -0.39 is 62.4 Å². The Labute approximate surface area is 291 Å². The number of amides is 2. The van der Waals surface area contributed by atoms with Gasteiger partial charge in [-0.2, -0.15) is 13.2 Å². The van der Waals surface area contributed by atoms with E-state index >= 15 is 0 Å². The van der Waals surface area contributed by atoms with Gasteiger partial charge < -0.3 is 10.2 Å². The van der Waals surface area contributed by atoms with Gasteiger partial charge in [-0.15, -0.1) is 0 Å². The second kappa shape index (κ2) is 15.1. The van der Waals surface area contributed by atoms with Crippen LogP contribution in [0.2, 0.25) is 5.02 Å². The summed E-state index contributed by atoms with van der Waals surface area (Å²) >= 11 is 9.26. The van der Waals surface area contributed by atoms with Crippen molar-refractivity contribution in [3.05, 3.63) is 129 Å². The molecule has 0 bridgehead atoms. The summed E-state index contributed by atoms with van der Waals surface area (Å²) in [7, 11) is -4.60. The largest absolute Gasteiger partial charge is 0.417 e.